The van der Waals surface area contributed by atoms with Gasteiger partial charge in [-0.1, -0.05) is 53.7 Å². The summed E-state index contributed by atoms with van der Waals surface area (Å²) < 4.78 is 28.7. The third-order valence-electron chi connectivity index (χ3n) is 4.46. The number of benzene rings is 3. The van der Waals surface area contributed by atoms with Gasteiger partial charge in [-0.3, -0.25) is 9.36 Å². The van der Waals surface area contributed by atoms with E-state index in [1.807, 2.05) is 66.1 Å². The Hall–Kier alpha value is -3.52. The van der Waals surface area contributed by atoms with Crippen molar-refractivity contribution in [1.82, 2.24) is 14.8 Å². The normalized spacial score (nSPS) is 10.8. The van der Waals surface area contributed by atoms with Gasteiger partial charge in [0.05, 0.1) is 11.4 Å². The fourth-order valence-electron chi connectivity index (χ4n) is 3.05. The molecule has 0 saturated heterocycles. The third kappa shape index (κ3) is 4.80. The summed E-state index contributed by atoms with van der Waals surface area (Å²) in [4.78, 5) is 12.3. The summed E-state index contributed by atoms with van der Waals surface area (Å²) in [6.07, 6.45) is 0. The molecule has 156 valence electrons. The highest BCUT2D eigenvalue weighted by atomic mass is 32.2. The maximum Gasteiger partial charge on any atom is 0.234 e. The smallest absolute Gasteiger partial charge is 0.234 e. The Morgan fingerprint density at radius 2 is 1.81 bits per heavy atom. The van der Waals surface area contributed by atoms with Crippen LogP contribution in [0.3, 0.4) is 0 Å². The van der Waals surface area contributed by atoms with Crippen molar-refractivity contribution in [3.8, 4) is 17.1 Å². The molecule has 1 aromatic heterocycles. The first-order valence-electron chi connectivity index (χ1n) is 9.47. The van der Waals surface area contributed by atoms with Crippen LogP contribution in [0.25, 0.3) is 17.1 Å². The summed E-state index contributed by atoms with van der Waals surface area (Å²) in [7, 11) is 0. The molecule has 8 heteroatoms. The molecule has 1 N–H and O–H groups in total. The molecule has 0 atom stereocenters. The highest BCUT2D eigenvalue weighted by Crippen LogP contribution is 2.28. The lowest BCUT2D eigenvalue weighted by atomic mass is 10.1. The largest absolute Gasteiger partial charge is 0.323 e. The van der Waals surface area contributed by atoms with Crippen LogP contribution in [0.5, 0.6) is 0 Å². The number of carbonyl (C=O) groups excluding carboxylic acids is 1. The Balaban J connectivity index is 1.59. The van der Waals surface area contributed by atoms with E-state index in [-0.39, 0.29) is 11.4 Å². The number of hydrogen-bond acceptors (Lipinski definition) is 4. The standard InChI is InChI=1S/C23H18F2N4OS/c1-15-6-5-7-16(12-15)22-27-28-23(29(22)18-8-3-2-4-9-18)31-14-21(30)26-20-11-10-17(24)13-19(20)25/h2-13H,14H2,1H3,(H,26,30). The molecule has 0 aliphatic heterocycles. The van der Waals surface area contributed by atoms with Crippen molar-refractivity contribution in [2.75, 3.05) is 11.1 Å². The number of amides is 1. The Bertz CT molecular complexity index is 1230. The Labute approximate surface area is 182 Å². The lowest BCUT2D eigenvalue weighted by Crippen LogP contribution is -2.15. The van der Waals surface area contributed by atoms with E-state index in [9.17, 15) is 13.6 Å². The minimum absolute atomic E-state index is 0.0183. The lowest BCUT2D eigenvalue weighted by molar-refractivity contribution is -0.113. The SMILES string of the molecule is Cc1cccc(-c2nnc(SCC(=O)Nc3ccc(F)cc3F)n2-c2ccccc2)c1. The Kier molecular flexibility index (Phi) is 6.08. The molecule has 0 fully saturated rings. The van der Waals surface area contributed by atoms with Gasteiger partial charge in [0.25, 0.3) is 0 Å². The lowest BCUT2D eigenvalue weighted by Gasteiger charge is -2.11. The van der Waals surface area contributed by atoms with E-state index < -0.39 is 17.5 Å². The molecule has 31 heavy (non-hydrogen) atoms. The van der Waals surface area contributed by atoms with E-state index in [4.69, 9.17) is 0 Å². The van der Waals surface area contributed by atoms with Crippen molar-refractivity contribution in [3.05, 3.63) is 90.0 Å². The molecular formula is C23H18F2N4OS. The number of halogens is 2. The van der Waals surface area contributed by atoms with Gasteiger partial charge in [-0.05, 0) is 37.3 Å². The predicted octanol–water partition coefficient (Wildman–Crippen LogP) is 5.25. The summed E-state index contributed by atoms with van der Waals surface area (Å²) in [6.45, 7) is 2.00. The van der Waals surface area contributed by atoms with Crippen LogP contribution >= 0.6 is 11.8 Å². The second-order valence-electron chi connectivity index (χ2n) is 6.81. The van der Waals surface area contributed by atoms with Gasteiger partial charge in [-0.2, -0.15) is 0 Å². The average molecular weight is 436 g/mol. The molecule has 0 spiro atoms. The number of para-hydroxylation sites is 1. The van der Waals surface area contributed by atoms with Crippen LogP contribution in [0.15, 0.2) is 78.0 Å². The van der Waals surface area contributed by atoms with Gasteiger partial charge in [0.1, 0.15) is 11.6 Å². The van der Waals surface area contributed by atoms with Crippen LogP contribution in [0.2, 0.25) is 0 Å². The predicted molar refractivity (Wildman–Crippen MR) is 117 cm³/mol. The minimum atomic E-state index is -0.826. The third-order valence-corrected chi connectivity index (χ3v) is 5.39. The van der Waals surface area contributed by atoms with Gasteiger partial charge in [-0.15, -0.1) is 10.2 Å². The van der Waals surface area contributed by atoms with Gasteiger partial charge < -0.3 is 5.32 Å². The molecular weight excluding hydrogens is 418 g/mol. The topological polar surface area (TPSA) is 59.8 Å². The molecule has 3 aromatic carbocycles. The van der Waals surface area contributed by atoms with Gasteiger partial charge in [0, 0.05) is 17.3 Å². The summed E-state index contributed by atoms with van der Waals surface area (Å²) >= 11 is 1.18. The first kappa shape index (κ1) is 20.7. The molecule has 4 rings (SSSR count). The van der Waals surface area contributed by atoms with E-state index in [2.05, 4.69) is 15.5 Å². The molecule has 4 aromatic rings. The zero-order valence-electron chi connectivity index (χ0n) is 16.5. The summed E-state index contributed by atoms with van der Waals surface area (Å²) in [5.41, 5.74) is 2.78. The second-order valence-corrected chi connectivity index (χ2v) is 7.75. The van der Waals surface area contributed by atoms with Crippen molar-refractivity contribution in [2.24, 2.45) is 0 Å². The van der Waals surface area contributed by atoms with Crippen molar-refractivity contribution < 1.29 is 13.6 Å². The number of rotatable bonds is 6. The maximum atomic E-state index is 13.8. The number of nitrogens with one attached hydrogen (secondary N) is 1. The minimum Gasteiger partial charge on any atom is -0.323 e. The van der Waals surface area contributed by atoms with E-state index in [0.29, 0.717) is 11.0 Å². The number of carbonyl (C=O) groups is 1. The molecule has 0 aliphatic carbocycles. The molecule has 1 heterocycles. The van der Waals surface area contributed by atoms with Crippen molar-refractivity contribution in [1.29, 1.82) is 0 Å². The van der Waals surface area contributed by atoms with Gasteiger partial charge in [0.15, 0.2) is 11.0 Å². The molecule has 0 bridgehead atoms. The number of nitrogens with zero attached hydrogens (tertiary/aromatic N) is 3. The van der Waals surface area contributed by atoms with Crippen LogP contribution in [0, 0.1) is 18.6 Å². The Morgan fingerprint density at radius 1 is 1.00 bits per heavy atom. The number of anilines is 1. The molecule has 0 aliphatic rings. The zero-order valence-corrected chi connectivity index (χ0v) is 17.4. The molecule has 0 saturated carbocycles. The van der Waals surface area contributed by atoms with Gasteiger partial charge in [0.2, 0.25) is 5.91 Å². The van der Waals surface area contributed by atoms with E-state index in [0.717, 1.165) is 28.9 Å². The molecule has 0 radical (unpaired) electrons. The number of aryl methyl sites for hydroxylation is 1. The number of aromatic nitrogens is 3. The van der Waals surface area contributed by atoms with E-state index in [1.165, 1.54) is 17.8 Å². The Morgan fingerprint density at radius 3 is 2.55 bits per heavy atom. The fourth-order valence-corrected chi connectivity index (χ4v) is 3.80. The monoisotopic (exact) mass is 436 g/mol. The first-order valence-corrected chi connectivity index (χ1v) is 10.5. The fraction of sp³-hybridized carbons (Fsp3) is 0.0870. The molecule has 5 nitrogen and oxygen atoms in total. The van der Waals surface area contributed by atoms with Crippen molar-refractivity contribution in [3.63, 3.8) is 0 Å². The van der Waals surface area contributed by atoms with Crippen LogP contribution in [-0.2, 0) is 4.79 Å². The number of hydrogen-bond donors (Lipinski definition) is 1. The van der Waals surface area contributed by atoms with Crippen LogP contribution in [0.4, 0.5) is 14.5 Å². The van der Waals surface area contributed by atoms with Crippen LogP contribution in [0.1, 0.15) is 5.56 Å². The second kappa shape index (κ2) is 9.09. The van der Waals surface area contributed by atoms with Gasteiger partial charge in [-0.25, -0.2) is 8.78 Å². The number of thioether (sulfide) groups is 1. The van der Waals surface area contributed by atoms with Crippen molar-refractivity contribution >= 4 is 23.4 Å². The quantitative estimate of drug-likeness (QED) is 0.419. The highest BCUT2D eigenvalue weighted by molar-refractivity contribution is 7.99. The summed E-state index contributed by atoms with van der Waals surface area (Å²) in [5, 5.41) is 11.6. The molecule has 0 unspecified atom stereocenters. The van der Waals surface area contributed by atoms with E-state index in [1.54, 1.807) is 0 Å². The molecule has 1 amide bonds. The average Bonchev–Trinajstić information content (AvgIpc) is 3.19. The summed E-state index contributed by atoms with van der Waals surface area (Å²) in [6, 6.07) is 20.5. The van der Waals surface area contributed by atoms with Gasteiger partial charge >= 0.3 is 0 Å². The first-order chi connectivity index (χ1) is 15.0. The zero-order chi connectivity index (χ0) is 21.8. The van der Waals surface area contributed by atoms with Crippen molar-refractivity contribution in [2.45, 2.75) is 12.1 Å². The van der Waals surface area contributed by atoms with Crippen LogP contribution < -0.4 is 5.32 Å². The maximum absolute atomic E-state index is 13.8. The van der Waals surface area contributed by atoms with E-state index >= 15 is 0 Å². The summed E-state index contributed by atoms with van der Waals surface area (Å²) in [5.74, 6) is -1.33. The van der Waals surface area contributed by atoms with Crippen LogP contribution in [-0.4, -0.2) is 26.4 Å². The highest BCUT2D eigenvalue weighted by Gasteiger charge is 2.18.